The Labute approximate surface area is 201 Å². The lowest BCUT2D eigenvalue weighted by Gasteiger charge is -2.34. The number of rotatable bonds is 4. The Balaban J connectivity index is 1.91. The molecule has 1 aliphatic heterocycles. The highest BCUT2D eigenvalue weighted by molar-refractivity contribution is 6.06. The Morgan fingerprint density at radius 3 is 2.53 bits per heavy atom. The number of nitrogens with one attached hydrogen (secondary N) is 1. The van der Waals surface area contributed by atoms with Crippen molar-refractivity contribution in [2.75, 3.05) is 53.3 Å². The molecule has 0 fully saturated rings. The molecule has 0 unspecified atom stereocenters. The number of methoxy groups -OCH3 is 2. The van der Waals surface area contributed by atoms with E-state index in [-0.39, 0.29) is 29.9 Å². The van der Waals surface area contributed by atoms with Gasteiger partial charge in [0.1, 0.15) is 18.1 Å². The standard InChI is InChI=1S/C26H35N3O5/c1-17-14-28(3)18(2)16-34-23-13-19(27-25(30)20-9-7-8-10-22(20)32-5)11-12-21(23)26(31)29(4)15-24(17)33-6/h7-13,17-18,24H,14-16H2,1-6H3,(H,27,30)/t17-,18-,24-/m0/s1. The number of anilines is 1. The van der Waals surface area contributed by atoms with Crippen LogP contribution in [0, 0.1) is 5.92 Å². The van der Waals surface area contributed by atoms with Crippen molar-refractivity contribution >= 4 is 17.5 Å². The number of benzene rings is 2. The molecule has 0 saturated heterocycles. The Kier molecular flexibility index (Phi) is 8.52. The number of fused-ring (bicyclic) bond motifs is 1. The number of carbonyl (C=O) groups excluding carboxylic acids is 2. The highest BCUT2D eigenvalue weighted by Crippen LogP contribution is 2.27. The van der Waals surface area contributed by atoms with Crippen LogP contribution in [0.2, 0.25) is 0 Å². The zero-order valence-corrected chi connectivity index (χ0v) is 20.8. The molecule has 0 aliphatic carbocycles. The van der Waals surface area contributed by atoms with E-state index in [4.69, 9.17) is 14.2 Å². The molecule has 0 radical (unpaired) electrons. The van der Waals surface area contributed by atoms with Gasteiger partial charge in [0.2, 0.25) is 0 Å². The van der Waals surface area contributed by atoms with Crippen molar-refractivity contribution in [1.29, 1.82) is 0 Å². The predicted molar refractivity (Wildman–Crippen MR) is 132 cm³/mol. The lowest BCUT2D eigenvalue weighted by atomic mass is 10.0. The van der Waals surface area contributed by atoms with E-state index in [2.05, 4.69) is 31.1 Å². The van der Waals surface area contributed by atoms with Gasteiger partial charge in [0.15, 0.2) is 0 Å². The molecule has 1 heterocycles. The SMILES string of the molecule is COc1ccccc1C(=O)Nc1ccc2c(c1)OC[C@H](C)N(C)C[C@H](C)[C@@H](OC)CN(C)C2=O. The summed E-state index contributed by atoms with van der Waals surface area (Å²) in [6.07, 6.45) is -0.0909. The molecule has 2 aromatic carbocycles. The normalized spacial score (nSPS) is 22.1. The minimum atomic E-state index is -0.306. The van der Waals surface area contributed by atoms with Crippen molar-refractivity contribution in [2.24, 2.45) is 5.92 Å². The fourth-order valence-corrected chi connectivity index (χ4v) is 4.06. The topological polar surface area (TPSA) is 80.3 Å². The van der Waals surface area contributed by atoms with Gasteiger partial charge >= 0.3 is 0 Å². The van der Waals surface area contributed by atoms with Crippen molar-refractivity contribution in [3.63, 3.8) is 0 Å². The zero-order chi connectivity index (χ0) is 24.8. The van der Waals surface area contributed by atoms with Crippen molar-refractivity contribution < 1.29 is 23.8 Å². The molecule has 8 heteroatoms. The third kappa shape index (κ3) is 5.87. The van der Waals surface area contributed by atoms with Crippen molar-refractivity contribution in [1.82, 2.24) is 9.80 Å². The van der Waals surface area contributed by atoms with Crippen LogP contribution in [0.4, 0.5) is 5.69 Å². The van der Waals surface area contributed by atoms with E-state index in [0.29, 0.717) is 41.5 Å². The van der Waals surface area contributed by atoms with Crippen LogP contribution >= 0.6 is 0 Å². The molecule has 184 valence electrons. The van der Waals surface area contributed by atoms with Crippen LogP contribution < -0.4 is 14.8 Å². The molecule has 0 spiro atoms. The van der Waals surface area contributed by atoms with Gasteiger partial charge in [-0.25, -0.2) is 0 Å². The summed E-state index contributed by atoms with van der Waals surface area (Å²) < 4.78 is 17.1. The number of hydrogen-bond acceptors (Lipinski definition) is 6. The van der Waals surface area contributed by atoms with Crippen LogP contribution in [0.15, 0.2) is 42.5 Å². The molecule has 3 atom stereocenters. The largest absolute Gasteiger partial charge is 0.496 e. The Morgan fingerprint density at radius 1 is 1.09 bits per heavy atom. The summed E-state index contributed by atoms with van der Waals surface area (Å²) in [7, 11) is 7.03. The number of likely N-dealkylation sites (N-methyl/N-ethyl adjacent to an activating group) is 2. The summed E-state index contributed by atoms with van der Waals surface area (Å²) >= 11 is 0. The predicted octanol–water partition coefficient (Wildman–Crippen LogP) is 3.38. The average Bonchev–Trinajstić information content (AvgIpc) is 2.84. The molecule has 2 amide bonds. The summed E-state index contributed by atoms with van der Waals surface area (Å²) in [6.45, 7) is 5.89. The van der Waals surface area contributed by atoms with E-state index in [0.717, 1.165) is 6.54 Å². The molecule has 34 heavy (non-hydrogen) atoms. The Hall–Kier alpha value is -3.10. The quantitative estimate of drug-likeness (QED) is 0.740. The molecular weight excluding hydrogens is 434 g/mol. The lowest BCUT2D eigenvalue weighted by Crippen LogP contribution is -2.45. The van der Waals surface area contributed by atoms with Gasteiger partial charge in [-0.15, -0.1) is 0 Å². The molecule has 1 N–H and O–H groups in total. The molecule has 8 nitrogen and oxygen atoms in total. The number of carbonyl (C=O) groups is 2. The zero-order valence-electron chi connectivity index (χ0n) is 20.8. The van der Waals surface area contributed by atoms with Crippen molar-refractivity contribution in [2.45, 2.75) is 26.0 Å². The van der Waals surface area contributed by atoms with Crippen LogP contribution in [0.25, 0.3) is 0 Å². The van der Waals surface area contributed by atoms with Crippen LogP contribution in [-0.4, -0.2) is 81.8 Å². The van der Waals surface area contributed by atoms with Crippen LogP contribution in [0.3, 0.4) is 0 Å². The smallest absolute Gasteiger partial charge is 0.259 e. The number of ether oxygens (including phenoxy) is 3. The first-order valence-electron chi connectivity index (χ1n) is 11.4. The molecule has 0 aromatic heterocycles. The van der Waals surface area contributed by atoms with Gasteiger partial charge in [-0.3, -0.25) is 14.5 Å². The minimum Gasteiger partial charge on any atom is -0.496 e. The van der Waals surface area contributed by atoms with Crippen LogP contribution in [-0.2, 0) is 4.74 Å². The number of para-hydroxylation sites is 1. The summed E-state index contributed by atoms with van der Waals surface area (Å²) in [4.78, 5) is 30.0. The van der Waals surface area contributed by atoms with E-state index in [1.54, 1.807) is 61.5 Å². The fraction of sp³-hybridized carbons (Fsp3) is 0.462. The first kappa shape index (κ1) is 25.5. The van der Waals surface area contributed by atoms with Gasteiger partial charge in [0, 0.05) is 45.0 Å². The van der Waals surface area contributed by atoms with E-state index in [1.807, 2.05) is 0 Å². The number of hydrogen-bond donors (Lipinski definition) is 1. The summed E-state index contributed by atoms with van der Waals surface area (Å²) in [5.74, 6) is 0.683. The monoisotopic (exact) mass is 469 g/mol. The van der Waals surface area contributed by atoms with Gasteiger partial charge in [-0.05, 0) is 44.2 Å². The molecule has 2 aromatic rings. The lowest BCUT2D eigenvalue weighted by molar-refractivity contribution is 0.0150. The van der Waals surface area contributed by atoms with Crippen molar-refractivity contribution in [3.8, 4) is 11.5 Å². The van der Waals surface area contributed by atoms with Crippen LogP contribution in [0.1, 0.15) is 34.6 Å². The van der Waals surface area contributed by atoms with E-state index < -0.39 is 0 Å². The fourth-order valence-electron chi connectivity index (χ4n) is 4.06. The van der Waals surface area contributed by atoms with E-state index in [9.17, 15) is 9.59 Å². The first-order chi connectivity index (χ1) is 16.2. The molecule has 0 saturated carbocycles. The maximum Gasteiger partial charge on any atom is 0.259 e. The highest BCUT2D eigenvalue weighted by Gasteiger charge is 2.27. The van der Waals surface area contributed by atoms with E-state index >= 15 is 0 Å². The second kappa shape index (κ2) is 11.4. The van der Waals surface area contributed by atoms with Gasteiger partial charge in [0.25, 0.3) is 11.8 Å². The Morgan fingerprint density at radius 2 is 1.82 bits per heavy atom. The highest BCUT2D eigenvalue weighted by atomic mass is 16.5. The summed E-state index contributed by atoms with van der Waals surface area (Å²) in [6, 6.07) is 12.2. The maximum absolute atomic E-state index is 13.3. The van der Waals surface area contributed by atoms with Gasteiger partial charge < -0.3 is 24.4 Å². The third-order valence-electron chi connectivity index (χ3n) is 6.37. The molecule has 1 aliphatic rings. The van der Waals surface area contributed by atoms with Gasteiger partial charge in [0.05, 0.1) is 24.3 Å². The second-order valence-electron chi connectivity index (χ2n) is 8.90. The minimum absolute atomic E-state index is 0.0909. The third-order valence-corrected chi connectivity index (χ3v) is 6.37. The number of nitrogens with zero attached hydrogens (tertiary/aromatic N) is 2. The molecular formula is C26H35N3O5. The van der Waals surface area contributed by atoms with Crippen LogP contribution in [0.5, 0.6) is 11.5 Å². The Bertz CT molecular complexity index is 1010. The first-order valence-corrected chi connectivity index (χ1v) is 11.4. The van der Waals surface area contributed by atoms with Crippen molar-refractivity contribution in [3.05, 3.63) is 53.6 Å². The molecule has 3 rings (SSSR count). The second-order valence-corrected chi connectivity index (χ2v) is 8.90. The average molecular weight is 470 g/mol. The number of amides is 2. The van der Waals surface area contributed by atoms with Gasteiger partial charge in [-0.2, -0.15) is 0 Å². The molecule has 0 bridgehead atoms. The maximum atomic E-state index is 13.3. The summed E-state index contributed by atoms with van der Waals surface area (Å²) in [5.41, 5.74) is 1.39. The van der Waals surface area contributed by atoms with Gasteiger partial charge in [-0.1, -0.05) is 19.1 Å². The summed E-state index contributed by atoms with van der Waals surface area (Å²) in [5, 5.41) is 2.88. The van der Waals surface area contributed by atoms with E-state index in [1.165, 1.54) is 7.11 Å².